The zero-order valence-corrected chi connectivity index (χ0v) is 12.1. The van der Waals surface area contributed by atoms with E-state index in [1.54, 1.807) is 7.11 Å². The van der Waals surface area contributed by atoms with Gasteiger partial charge in [-0.15, -0.1) is 0 Å². The maximum Gasteiger partial charge on any atom is 0.0474 e. The van der Waals surface area contributed by atoms with Crippen LogP contribution in [0.25, 0.3) is 0 Å². The molecule has 0 radical (unpaired) electrons. The highest BCUT2D eigenvalue weighted by Gasteiger charge is 1.97. The lowest BCUT2D eigenvalue weighted by molar-refractivity contribution is 0.179. The van der Waals surface area contributed by atoms with Crippen LogP contribution < -0.4 is 5.32 Å². The van der Waals surface area contributed by atoms with Gasteiger partial charge in [0.1, 0.15) is 0 Å². The van der Waals surface area contributed by atoms with Crippen LogP contribution in [0.4, 0.5) is 0 Å². The minimum atomic E-state index is 0.882. The quantitative estimate of drug-likeness (QED) is 0.504. The summed E-state index contributed by atoms with van der Waals surface area (Å²) < 4.78 is 5.05. The molecule has 0 saturated heterocycles. The average molecular weight is 244 g/mol. The number of hydrogen-bond acceptors (Lipinski definition) is 3. The van der Waals surface area contributed by atoms with Crippen LogP contribution in [0.3, 0.4) is 0 Å². The van der Waals surface area contributed by atoms with Crippen molar-refractivity contribution >= 4 is 0 Å². The van der Waals surface area contributed by atoms with Gasteiger partial charge in [-0.05, 0) is 52.4 Å². The smallest absolute Gasteiger partial charge is 0.0474 e. The van der Waals surface area contributed by atoms with Gasteiger partial charge in [0.25, 0.3) is 0 Å². The number of rotatable bonds is 13. The fourth-order valence-electron chi connectivity index (χ4n) is 1.88. The molecule has 0 saturated carbocycles. The third-order valence-electron chi connectivity index (χ3n) is 2.96. The molecule has 0 bridgehead atoms. The first-order valence-corrected chi connectivity index (χ1v) is 7.19. The summed E-state index contributed by atoms with van der Waals surface area (Å²) in [6.07, 6.45) is 7.77. The molecule has 0 fully saturated rings. The second-order valence-electron chi connectivity index (χ2n) is 4.81. The molecule has 0 aliphatic rings. The highest BCUT2D eigenvalue weighted by atomic mass is 16.5. The van der Waals surface area contributed by atoms with E-state index in [4.69, 9.17) is 4.74 Å². The van der Waals surface area contributed by atoms with E-state index >= 15 is 0 Å². The molecule has 1 N–H and O–H groups in total. The van der Waals surface area contributed by atoms with Crippen molar-refractivity contribution in [2.45, 2.75) is 45.4 Å². The summed E-state index contributed by atoms with van der Waals surface area (Å²) in [5, 5.41) is 3.44. The van der Waals surface area contributed by atoms with E-state index in [2.05, 4.69) is 24.2 Å². The zero-order chi connectivity index (χ0) is 12.8. The van der Waals surface area contributed by atoms with Crippen LogP contribution >= 0.6 is 0 Å². The summed E-state index contributed by atoms with van der Waals surface area (Å²) in [4.78, 5) is 2.41. The topological polar surface area (TPSA) is 24.5 Å². The van der Waals surface area contributed by atoms with Gasteiger partial charge in [-0.25, -0.2) is 0 Å². The van der Waals surface area contributed by atoms with Crippen molar-refractivity contribution in [3.8, 4) is 0 Å². The third-order valence-corrected chi connectivity index (χ3v) is 2.96. The first-order chi connectivity index (χ1) is 8.31. The Bertz CT molecular complexity index is 142. The van der Waals surface area contributed by atoms with Gasteiger partial charge < -0.3 is 15.0 Å². The predicted molar refractivity (Wildman–Crippen MR) is 75.6 cm³/mol. The van der Waals surface area contributed by atoms with Crippen LogP contribution in [0.1, 0.15) is 45.4 Å². The Kier molecular flexibility index (Phi) is 13.8. The lowest BCUT2D eigenvalue weighted by Crippen LogP contribution is -2.22. The van der Waals surface area contributed by atoms with Crippen molar-refractivity contribution in [3.63, 3.8) is 0 Å². The van der Waals surface area contributed by atoms with Crippen molar-refractivity contribution in [3.05, 3.63) is 0 Å². The minimum absolute atomic E-state index is 0.882. The molecule has 3 heteroatoms. The van der Waals surface area contributed by atoms with Crippen molar-refractivity contribution in [1.82, 2.24) is 10.2 Å². The summed E-state index contributed by atoms with van der Waals surface area (Å²) in [5.41, 5.74) is 0. The van der Waals surface area contributed by atoms with Crippen LogP contribution in [0.5, 0.6) is 0 Å². The minimum Gasteiger partial charge on any atom is -0.385 e. The van der Waals surface area contributed by atoms with Crippen LogP contribution in [-0.4, -0.2) is 51.8 Å². The monoisotopic (exact) mass is 244 g/mol. The fraction of sp³-hybridized carbons (Fsp3) is 1.00. The van der Waals surface area contributed by atoms with Crippen LogP contribution in [0.15, 0.2) is 0 Å². The molecule has 104 valence electrons. The molecule has 0 aliphatic carbocycles. The van der Waals surface area contributed by atoms with Gasteiger partial charge in [-0.2, -0.15) is 0 Å². The number of hydrogen-bond donors (Lipinski definition) is 1. The molecule has 0 spiro atoms. The van der Waals surface area contributed by atoms with E-state index in [1.165, 1.54) is 51.7 Å². The Morgan fingerprint density at radius 1 is 0.941 bits per heavy atom. The molecule has 0 heterocycles. The van der Waals surface area contributed by atoms with Crippen molar-refractivity contribution in [2.75, 3.05) is 46.9 Å². The lowest BCUT2D eigenvalue weighted by atomic mass is 10.2. The van der Waals surface area contributed by atoms with Gasteiger partial charge in [-0.1, -0.05) is 19.8 Å². The number of methoxy groups -OCH3 is 1. The predicted octanol–water partition coefficient (Wildman–Crippen LogP) is 2.51. The molecule has 0 aromatic heterocycles. The van der Waals surface area contributed by atoms with Gasteiger partial charge in [0, 0.05) is 20.3 Å². The lowest BCUT2D eigenvalue weighted by Gasteiger charge is -2.15. The molecule has 0 unspecified atom stereocenters. The van der Waals surface area contributed by atoms with Crippen LogP contribution in [-0.2, 0) is 4.74 Å². The standard InChI is InChI=1S/C14H32N2O/c1-4-10-15-11-7-5-6-8-12-16(2)13-9-14-17-3/h15H,4-14H2,1-3H3. The number of nitrogens with zero attached hydrogens (tertiary/aromatic N) is 1. The number of ether oxygens (including phenoxy) is 1. The molecule has 17 heavy (non-hydrogen) atoms. The molecule has 0 aromatic carbocycles. The van der Waals surface area contributed by atoms with E-state index in [-0.39, 0.29) is 0 Å². The first kappa shape index (κ1) is 16.9. The fourth-order valence-corrected chi connectivity index (χ4v) is 1.88. The normalized spacial score (nSPS) is 11.3. The van der Waals surface area contributed by atoms with Gasteiger partial charge in [-0.3, -0.25) is 0 Å². The SMILES string of the molecule is CCCNCCCCCCN(C)CCCOC. The molecule has 3 nitrogen and oxygen atoms in total. The van der Waals surface area contributed by atoms with Crippen molar-refractivity contribution < 1.29 is 4.74 Å². The Morgan fingerprint density at radius 3 is 2.35 bits per heavy atom. The average Bonchev–Trinajstić information content (AvgIpc) is 2.33. The molecule has 0 amide bonds. The molecule has 0 aromatic rings. The highest BCUT2D eigenvalue weighted by Crippen LogP contribution is 2.01. The molecular formula is C14H32N2O. The largest absolute Gasteiger partial charge is 0.385 e. The zero-order valence-electron chi connectivity index (χ0n) is 12.1. The maximum absolute atomic E-state index is 5.05. The first-order valence-electron chi connectivity index (χ1n) is 7.19. The van der Waals surface area contributed by atoms with Crippen molar-refractivity contribution in [2.24, 2.45) is 0 Å². The van der Waals surface area contributed by atoms with E-state index in [1.807, 2.05) is 0 Å². The summed E-state index contributed by atoms with van der Waals surface area (Å²) >= 11 is 0. The summed E-state index contributed by atoms with van der Waals surface area (Å²) in [6, 6.07) is 0. The molecule has 0 atom stereocenters. The summed E-state index contributed by atoms with van der Waals surface area (Å²) in [7, 11) is 3.98. The highest BCUT2D eigenvalue weighted by molar-refractivity contribution is 4.53. The van der Waals surface area contributed by atoms with Crippen LogP contribution in [0, 0.1) is 0 Å². The Labute approximate surface area is 108 Å². The number of nitrogens with one attached hydrogen (secondary N) is 1. The maximum atomic E-state index is 5.05. The van der Waals surface area contributed by atoms with Gasteiger partial charge >= 0.3 is 0 Å². The van der Waals surface area contributed by atoms with E-state index in [9.17, 15) is 0 Å². The summed E-state index contributed by atoms with van der Waals surface area (Å²) in [6.45, 7) is 7.84. The Morgan fingerprint density at radius 2 is 1.65 bits per heavy atom. The van der Waals surface area contributed by atoms with E-state index < -0.39 is 0 Å². The molecular weight excluding hydrogens is 212 g/mol. The van der Waals surface area contributed by atoms with Gasteiger partial charge in [0.05, 0.1) is 0 Å². The van der Waals surface area contributed by atoms with E-state index in [0.29, 0.717) is 0 Å². The Balaban J connectivity index is 3.05. The number of unbranched alkanes of at least 4 members (excludes halogenated alkanes) is 3. The Hall–Kier alpha value is -0.120. The molecule has 0 aliphatic heterocycles. The third kappa shape index (κ3) is 13.8. The second kappa shape index (κ2) is 13.9. The van der Waals surface area contributed by atoms with Crippen molar-refractivity contribution in [1.29, 1.82) is 0 Å². The summed E-state index contributed by atoms with van der Waals surface area (Å²) in [5.74, 6) is 0. The van der Waals surface area contributed by atoms with Gasteiger partial charge in [0.15, 0.2) is 0 Å². The van der Waals surface area contributed by atoms with Gasteiger partial charge in [0.2, 0.25) is 0 Å². The van der Waals surface area contributed by atoms with Crippen LogP contribution in [0.2, 0.25) is 0 Å². The second-order valence-corrected chi connectivity index (χ2v) is 4.81. The molecule has 0 rings (SSSR count). The van der Waals surface area contributed by atoms with E-state index in [0.717, 1.165) is 19.6 Å².